The smallest absolute Gasteiger partial charge is 0.347 e. The quantitative estimate of drug-likeness (QED) is 0.0396. The molecule has 0 amide bonds. The molecular formula is C107H174O23. The van der Waals surface area contributed by atoms with Crippen LogP contribution >= 0.6 is 0 Å². The number of hydrogen-bond donors (Lipinski definition) is 4. The van der Waals surface area contributed by atoms with Gasteiger partial charge in [-0.15, -0.1) is 0 Å². The Morgan fingerprint density at radius 2 is 0.677 bits per heavy atom. The average molecular weight is 1830 g/mol. The van der Waals surface area contributed by atoms with Crippen molar-refractivity contribution in [1.82, 2.24) is 0 Å². The van der Waals surface area contributed by atoms with Gasteiger partial charge in [0.05, 0.1) is 73.2 Å². The fourth-order valence-corrected chi connectivity index (χ4v) is 27.1. The van der Waals surface area contributed by atoms with Crippen molar-refractivity contribution in [3.63, 3.8) is 0 Å². The molecule has 23 nitrogen and oxygen atoms in total. The van der Waals surface area contributed by atoms with Gasteiger partial charge in [0.2, 0.25) is 6.10 Å². The maximum Gasteiger partial charge on any atom is 0.347 e. The molecule has 130 heavy (non-hydrogen) atoms. The van der Waals surface area contributed by atoms with Crippen molar-refractivity contribution in [3.8, 4) is 0 Å². The number of rotatable bonds is 24. The Kier molecular flexibility index (Phi) is 31.4. The summed E-state index contributed by atoms with van der Waals surface area (Å²) >= 11 is 0. The third-order valence-corrected chi connectivity index (χ3v) is 37.9. The van der Waals surface area contributed by atoms with Crippen LogP contribution in [0.5, 0.6) is 0 Å². The molecule has 20 fully saturated rings. The Morgan fingerprint density at radius 1 is 0.354 bits per heavy atom. The molecule has 24 atom stereocenters. The molecule has 4 aliphatic heterocycles. The van der Waals surface area contributed by atoms with Crippen LogP contribution in [-0.2, 0) is 90.6 Å². The summed E-state index contributed by atoms with van der Waals surface area (Å²) < 4.78 is 50.8. The average Bonchev–Trinajstić information content (AvgIpc) is 1.53. The first kappa shape index (κ1) is 105. The van der Waals surface area contributed by atoms with Crippen LogP contribution in [0.1, 0.15) is 398 Å². The number of carboxylic acids is 2. The number of fused-ring (bicyclic) bond motifs is 19. The first-order valence-corrected chi connectivity index (χ1v) is 51.6. The molecule has 0 spiro atoms. The van der Waals surface area contributed by atoms with Crippen LogP contribution in [0.25, 0.3) is 0 Å². The number of hydrogen-bond acceptors (Lipinski definition) is 21. The molecule has 0 aromatic carbocycles. The van der Waals surface area contributed by atoms with Crippen molar-refractivity contribution in [3.05, 3.63) is 0 Å². The number of ether oxygens (including phenoxy) is 9. The molecule has 4 N–H and O–H groups in total. The highest BCUT2D eigenvalue weighted by atomic mass is 16.7. The molecule has 0 aromatic rings. The minimum absolute atomic E-state index is 0.0455. The molecular weight excluding hydrogens is 1650 g/mol. The van der Waals surface area contributed by atoms with Gasteiger partial charge >= 0.3 is 59.7 Å². The highest BCUT2D eigenvalue weighted by Gasteiger charge is 2.71. The van der Waals surface area contributed by atoms with Crippen LogP contribution in [0.4, 0.5) is 0 Å². The molecule has 23 heteroatoms. The van der Waals surface area contributed by atoms with E-state index in [4.69, 9.17) is 52.8 Å². The Hall–Kier alpha value is -5.42. The van der Waals surface area contributed by atoms with Gasteiger partial charge in [0.15, 0.2) is 12.2 Å². The van der Waals surface area contributed by atoms with Crippen LogP contribution in [0, 0.1) is 144 Å². The first-order chi connectivity index (χ1) is 60.3. The number of esters is 8. The van der Waals surface area contributed by atoms with Crippen molar-refractivity contribution in [2.24, 2.45) is 144 Å². The predicted octanol–water partition coefficient (Wildman–Crippen LogP) is 21.1. The van der Waals surface area contributed by atoms with Gasteiger partial charge in [-0.1, -0.05) is 69.2 Å². The largest absolute Gasteiger partial charge is 0.481 e. The normalized spacial score (nSPS) is 38.9. The molecule has 16 aliphatic carbocycles. The highest BCUT2D eigenvalue weighted by molar-refractivity contribution is 5.83. The third kappa shape index (κ3) is 21.5. The lowest BCUT2D eigenvalue weighted by Gasteiger charge is -2.59. The summed E-state index contributed by atoms with van der Waals surface area (Å²) in [6.45, 7) is 50.8. The molecule has 18 bridgehead atoms. The molecule has 4 saturated heterocycles. The second-order valence-electron chi connectivity index (χ2n) is 49.8. The Morgan fingerprint density at radius 3 is 0.977 bits per heavy atom. The number of aliphatic hydroxyl groups is 2. The van der Waals surface area contributed by atoms with Gasteiger partial charge in [-0.25, -0.2) is 4.79 Å². The van der Waals surface area contributed by atoms with E-state index in [0.29, 0.717) is 93.5 Å². The Balaban J connectivity index is 0.000000146. The molecule has 20 aliphatic rings. The zero-order chi connectivity index (χ0) is 96.6. The van der Waals surface area contributed by atoms with Crippen molar-refractivity contribution in [2.75, 3.05) is 6.61 Å². The topological polar surface area (TPSA) is 335 Å². The van der Waals surface area contributed by atoms with E-state index in [1.165, 1.54) is 64.2 Å². The third-order valence-electron chi connectivity index (χ3n) is 37.9. The molecule has 0 aromatic heterocycles. The predicted molar refractivity (Wildman–Crippen MR) is 493 cm³/mol. The molecule has 20 rings (SSSR count). The van der Waals surface area contributed by atoms with Gasteiger partial charge < -0.3 is 63.1 Å². The Bertz CT molecular complexity index is 3850. The molecule has 24 unspecified atom stereocenters. The van der Waals surface area contributed by atoms with Crippen LogP contribution < -0.4 is 0 Å². The highest BCUT2D eigenvalue weighted by Crippen LogP contribution is 2.73. The minimum Gasteiger partial charge on any atom is -0.481 e. The van der Waals surface area contributed by atoms with Crippen LogP contribution in [0.15, 0.2) is 0 Å². The maximum absolute atomic E-state index is 12.7. The lowest BCUT2D eigenvalue weighted by atomic mass is 9.52. The summed E-state index contributed by atoms with van der Waals surface area (Å²) in [5.41, 5.74) is -5.69. The molecule has 740 valence electrons. The number of carbonyl (C=O) groups is 10. The number of carbonyl (C=O) groups excluding carboxylic acids is 8. The van der Waals surface area contributed by atoms with Crippen molar-refractivity contribution in [2.45, 2.75) is 462 Å². The second-order valence-corrected chi connectivity index (χ2v) is 49.8. The summed E-state index contributed by atoms with van der Waals surface area (Å²) in [5, 5.41) is 38.2. The molecule has 0 radical (unpaired) electrons. The lowest BCUT2D eigenvalue weighted by Crippen LogP contribution is -2.61. The van der Waals surface area contributed by atoms with Gasteiger partial charge in [-0.2, -0.15) is 0 Å². The number of aliphatic carboxylic acids is 2. The lowest BCUT2D eigenvalue weighted by molar-refractivity contribution is -0.226. The van der Waals surface area contributed by atoms with E-state index in [1.807, 2.05) is 111 Å². The summed E-state index contributed by atoms with van der Waals surface area (Å²) in [6, 6.07) is 0. The van der Waals surface area contributed by atoms with Crippen molar-refractivity contribution in [1.29, 1.82) is 0 Å². The van der Waals surface area contributed by atoms with Gasteiger partial charge in [0, 0.05) is 31.1 Å². The van der Waals surface area contributed by atoms with E-state index in [1.54, 1.807) is 41.5 Å². The minimum atomic E-state index is -0.722. The van der Waals surface area contributed by atoms with E-state index in [-0.39, 0.29) is 93.1 Å². The number of carboxylic acid groups (broad SMARTS) is 2. The summed E-state index contributed by atoms with van der Waals surface area (Å²) in [7, 11) is 0. The SMILES string of the molecule is CCC(C)(C)C(=O)O.CCC(C)(C)C(=O)O.CCC(C)(C)C(=O)OC1(CC)CC2CC1C1C3CCC(C3)C21.CCC(C)(C)C(=O)OC1(CC)CC2CC1C1C3CCC(C3)C21.CCC(C)(C)C(=O)OC12CC3CC(CC(O)(C3)C1)C2.CCC(C)(C)C(=O)OC12CC3CC(CC(O)(C3)C1)C2.CCC(C)(C)C(=O)OC1C2CC3C(=O)OC1C3O2.CCC(C)(C)C(=O)OC1CCOC1=O. The molecule has 4 heterocycles. The Labute approximate surface area is 779 Å². The zero-order valence-corrected chi connectivity index (χ0v) is 85.0. The van der Waals surface area contributed by atoms with Gasteiger partial charge in [-0.05, 0) is 393 Å². The van der Waals surface area contributed by atoms with E-state index in [2.05, 4.69) is 27.7 Å². The van der Waals surface area contributed by atoms with Gasteiger partial charge in [0.25, 0.3) is 0 Å². The van der Waals surface area contributed by atoms with Crippen molar-refractivity contribution < 1.29 is 111 Å². The van der Waals surface area contributed by atoms with Gasteiger partial charge in [0.1, 0.15) is 28.5 Å². The number of cyclic esters (lactones) is 1. The van der Waals surface area contributed by atoms with E-state index in [0.717, 1.165) is 162 Å². The van der Waals surface area contributed by atoms with E-state index >= 15 is 0 Å². The monoisotopic (exact) mass is 1830 g/mol. The standard InChI is InChI=1S/2C20H32O2.2C16H26O3.C13H18O5.C10H16O4.2C6H12O2/c2*1-5-19(3,4)18(21)22-20(6-2)11-14-10-15(20)17-13-8-7-12(9-13)16(14)17;2*1-4-14(2,3)13(17)19-16-8-11-5-12(9-16)7-15(18,6-11)10-16;1-4-13(2,3)12(15)18-9-7-5-6-8(16-7)10(9)17-11(6)14;1-4-10(2,3)9(12)14-7-5-6-13-8(7)11;2*1-4-6(2,3)5(7)8/h2*12-17H,5-11H2,1-4H3;2*11-12,18H,4-10H2,1-3H3;6-10H,4-5H2,1-3H3;7H,4-6H2,1-3H3;2*4H2,1-3H3,(H,7,8). The summed E-state index contributed by atoms with van der Waals surface area (Å²) in [5.74, 6) is 10.1. The zero-order valence-electron chi connectivity index (χ0n) is 85.0. The van der Waals surface area contributed by atoms with E-state index < -0.39 is 79.9 Å². The second kappa shape index (κ2) is 38.9. The van der Waals surface area contributed by atoms with Crippen LogP contribution in [0.2, 0.25) is 0 Å². The van der Waals surface area contributed by atoms with Crippen LogP contribution in [-0.4, -0.2) is 151 Å². The maximum atomic E-state index is 12.7. The van der Waals surface area contributed by atoms with Crippen LogP contribution in [0.3, 0.4) is 0 Å². The fraction of sp³-hybridized carbons (Fsp3) is 0.907. The van der Waals surface area contributed by atoms with Crippen molar-refractivity contribution >= 4 is 59.7 Å². The fourth-order valence-electron chi connectivity index (χ4n) is 27.1. The van der Waals surface area contributed by atoms with Gasteiger partial charge in [-0.3, -0.25) is 43.2 Å². The summed E-state index contributed by atoms with van der Waals surface area (Å²) in [6.07, 6.45) is 32.4. The summed E-state index contributed by atoms with van der Waals surface area (Å²) in [4.78, 5) is 117. The molecule has 16 saturated carbocycles. The first-order valence-electron chi connectivity index (χ1n) is 51.6. The van der Waals surface area contributed by atoms with E-state index in [9.17, 15) is 58.2 Å².